The number of imidazole rings is 1. The van der Waals surface area contributed by atoms with E-state index in [2.05, 4.69) is 14.8 Å². The fourth-order valence-corrected chi connectivity index (χ4v) is 3.13. The minimum absolute atomic E-state index is 0.534. The molecule has 1 saturated heterocycles. The average Bonchev–Trinajstić information content (AvgIpc) is 2.88. The van der Waals surface area contributed by atoms with E-state index in [1.807, 2.05) is 11.6 Å². The maximum Gasteiger partial charge on any atom is 0.416 e. The van der Waals surface area contributed by atoms with E-state index in [9.17, 15) is 13.2 Å². The van der Waals surface area contributed by atoms with E-state index in [1.54, 1.807) is 12.3 Å². The molecule has 2 aromatic rings. The Hall–Kier alpha value is -1.57. The maximum absolute atomic E-state index is 12.8. The smallest absolute Gasteiger partial charge is 0.321 e. The van der Waals surface area contributed by atoms with Crippen LogP contribution in [0.3, 0.4) is 0 Å². The van der Waals surface area contributed by atoms with Gasteiger partial charge < -0.3 is 4.57 Å². The summed E-state index contributed by atoms with van der Waals surface area (Å²) in [4.78, 5) is 8.76. The number of hydrogen-bond donors (Lipinski definition) is 0. The molecular formula is C17H20ClF3N4. The van der Waals surface area contributed by atoms with Crippen molar-refractivity contribution in [2.45, 2.75) is 19.3 Å². The highest BCUT2D eigenvalue weighted by Gasteiger charge is 2.30. The number of alkyl halides is 3. The minimum atomic E-state index is -4.29. The Morgan fingerprint density at radius 1 is 1.08 bits per heavy atom. The van der Waals surface area contributed by atoms with Gasteiger partial charge in [0.15, 0.2) is 0 Å². The molecule has 1 aromatic heterocycles. The monoisotopic (exact) mass is 372 g/mol. The third-order valence-electron chi connectivity index (χ3n) is 4.52. The van der Waals surface area contributed by atoms with Gasteiger partial charge in [-0.3, -0.25) is 9.80 Å². The molecule has 0 spiro atoms. The van der Waals surface area contributed by atoms with Crippen LogP contribution in [0.1, 0.15) is 17.0 Å². The summed E-state index contributed by atoms with van der Waals surface area (Å²) < 4.78 is 40.3. The fraction of sp³-hybridized carbons (Fsp3) is 0.471. The highest BCUT2D eigenvalue weighted by molar-refractivity contribution is 6.29. The second-order valence-corrected chi connectivity index (χ2v) is 6.69. The van der Waals surface area contributed by atoms with E-state index in [-0.39, 0.29) is 0 Å². The summed E-state index contributed by atoms with van der Waals surface area (Å²) in [5.41, 5.74) is 0.106. The second-order valence-electron chi connectivity index (χ2n) is 6.31. The second kappa shape index (κ2) is 7.35. The highest BCUT2D eigenvalue weighted by atomic mass is 35.5. The van der Waals surface area contributed by atoms with Crippen LogP contribution in [0.2, 0.25) is 5.15 Å². The van der Waals surface area contributed by atoms with Crippen LogP contribution in [0.5, 0.6) is 0 Å². The van der Waals surface area contributed by atoms with Crippen molar-refractivity contribution >= 4 is 11.6 Å². The number of nitrogens with zero attached hydrogens (tertiary/aromatic N) is 4. The van der Waals surface area contributed by atoms with Crippen molar-refractivity contribution in [1.29, 1.82) is 0 Å². The average molecular weight is 373 g/mol. The standard InChI is InChI=1S/C17H20ClF3N4/c1-23-15(18)10-22-16(23)12-25-7-5-24(6-8-25)11-13-3-2-4-14(9-13)17(19,20)21/h2-4,9-10H,5-8,11-12H2,1H3. The lowest BCUT2D eigenvalue weighted by molar-refractivity contribution is -0.137. The number of halogens is 4. The molecule has 0 aliphatic carbocycles. The number of hydrogen-bond acceptors (Lipinski definition) is 3. The first-order chi connectivity index (χ1) is 11.8. The molecule has 136 valence electrons. The van der Waals surface area contributed by atoms with Crippen molar-refractivity contribution in [1.82, 2.24) is 19.4 Å². The van der Waals surface area contributed by atoms with Crippen LogP contribution in [0.25, 0.3) is 0 Å². The first-order valence-corrected chi connectivity index (χ1v) is 8.47. The van der Waals surface area contributed by atoms with Crippen LogP contribution >= 0.6 is 11.6 Å². The summed E-state index contributed by atoms with van der Waals surface area (Å²) >= 11 is 6.00. The van der Waals surface area contributed by atoms with E-state index in [1.165, 1.54) is 12.1 Å². The summed E-state index contributed by atoms with van der Waals surface area (Å²) in [5.74, 6) is 0.913. The molecule has 0 amide bonds. The van der Waals surface area contributed by atoms with Gasteiger partial charge in [0.1, 0.15) is 11.0 Å². The SMILES string of the molecule is Cn1c(Cl)cnc1CN1CCN(Cc2cccc(C(F)(F)F)c2)CC1. The Kier molecular flexibility index (Phi) is 5.36. The quantitative estimate of drug-likeness (QED) is 0.822. The normalized spacial score (nSPS) is 17.2. The number of benzene rings is 1. The maximum atomic E-state index is 12.8. The summed E-state index contributed by atoms with van der Waals surface area (Å²) in [6.07, 6.45) is -2.65. The van der Waals surface area contributed by atoms with Crippen molar-refractivity contribution in [3.05, 3.63) is 52.6 Å². The Balaban J connectivity index is 1.54. The van der Waals surface area contributed by atoms with Gasteiger partial charge in [0, 0.05) is 39.8 Å². The molecule has 0 unspecified atom stereocenters. The molecular weight excluding hydrogens is 353 g/mol. The van der Waals surface area contributed by atoms with Crippen LogP contribution in [0.4, 0.5) is 13.2 Å². The predicted molar refractivity (Wildman–Crippen MR) is 90.2 cm³/mol. The van der Waals surface area contributed by atoms with Crippen molar-refractivity contribution < 1.29 is 13.2 Å². The first-order valence-electron chi connectivity index (χ1n) is 8.10. The molecule has 0 saturated carbocycles. The topological polar surface area (TPSA) is 24.3 Å². The van der Waals surface area contributed by atoms with Crippen LogP contribution in [0, 0.1) is 0 Å². The molecule has 1 aliphatic heterocycles. The van der Waals surface area contributed by atoms with E-state index in [0.29, 0.717) is 17.3 Å². The van der Waals surface area contributed by atoms with Gasteiger partial charge in [-0.1, -0.05) is 29.8 Å². The Morgan fingerprint density at radius 3 is 2.28 bits per heavy atom. The van der Waals surface area contributed by atoms with Gasteiger partial charge in [-0.25, -0.2) is 4.98 Å². The summed E-state index contributed by atoms with van der Waals surface area (Å²) in [6, 6.07) is 5.57. The van der Waals surface area contributed by atoms with Gasteiger partial charge in [-0.2, -0.15) is 13.2 Å². The molecule has 0 bridgehead atoms. The fourth-order valence-electron chi connectivity index (χ4n) is 2.98. The Bertz CT molecular complexity index is 721. The van der Waals surface area contributed by atoms with E-state index >= 15 is 0 Å². The number of rotatable bonds is 4. The molecule has 25 heavy (non-hydrogen) atoms. The summed E-state index contributed by atoms with van der Waals surface area (Å²) in [5, 5.41) is 0.609. The molecule has 2 heterocycles. The zero-order chi connectivity index (χ0) is 18.0. The van der Waals surface area contributed by atoms with Crippen LogP contribution < -0.4 is 0 Å². The summed E-state index contributed by atoms with van der Waals surface area (Å²) in [6.45, 7) is 4.59. The zero-order valence-corrected chi connectivity index (χ0v) is 14.7. The van der Waals surface area contributed by atoms with Gasteiger partial charge >= 0.3 is 6.18 Å². The first kappa shape index (κ1) is 18.2. The lowest BCUT2D eigenvalue weighted by Gasteiger charge is -2.34. The van der Waals surface area contributed by atoms with Crippen molar-refractivity contribution in [3.63, 3.8) is 0 Å². The minimum Gasteiger partial charge on any atom is -0.321 e. The van der Waals surface area contributed by atoms with Crippen LogP contribution in [-0.4, -0.2) is 45.5 Å². The van der Waals surface area contributed by atoms with Gasteiger partial charge in [-0.15, -0.1) is 0 Å². The molecule has 1 aliphatic rings. The lowest BCUT2D eigenvalue weighted by Crippen LogP contribution is -2.45. The third-order valence-corrected chi connectivity index (χ3v) is 4.87. The number of aromatic nitrogens is 2. The largest absolute Gasteiger partial charge is 0.416 e. The molecule has 8 heteroatoms. The molecule has 1 aromatic carbocycles. The predicted octanol–water partition coefficient (Wildman–Crippen LogP) is 3.41. The molecule has 4 nitrogen and oxygen atoms in total. The van der Waals surface area contributed by atoms with Gasteiger partial charge in [0.25, 0.3) is 0 Å². The molecule has 0 radical (unpaired) electrons. The Morgan fingerprint density at radius 2 is 1.72 bits per heavy atom. The number of piperazine rings is 1. The molecule has 0 atom stereocenters. The van der Waals surface area contributed by atoms with E-state index in [0.717, 1.165) is 44.6 Å². The molecule has 3 rings (SSSR count). The third kappa shape index (κ3) is 4.54. The van der Waals surface area contributed by atoms with E-state index < -0.39 is 11.7 Å². The zero-order valence-electron chi connectivity index (χ0n) is 13.9. The van der Waals surface area contributed by atoms with Gasteiger partial charge in [0.05, 0.1) is 18.3 Å². The van der Waals surface area contributed by atoms with Crippen molar-refractivity contribution in [2.75, 3.05) is 26.2 Å². The van der Waals surface area contributed by atoms with Crippen molar-refractivity contribution in [3.8, 4) is 0 Å². The van der Waals surface area contributed by atoms with Crippen LogP contribution in [-0.2, 0) is 26.3 Å². The Labute approximate surface area is 149 Å². The summed E-state index contributed by atoms with van der Waals surface area (Å²) in [7, 11) is 1.88. The van der Waals surface area contributed by atoms with E-state index in [4.69, 9.17) is 11.6 Å². The highest BCUT2D eigenvalue weighted by Crippen LogP contribution is 2.29. The lowest BCUT2D eigenvalue weighted by atomic mass is 10.1. The van der Waals surface area contributed by atoms with Crippen molar-refractivity contribution in [2.24, 2.45) is 7.05 Å². The van der Waals surface area contributed by atoms with Gasteiger partial charge in [0.2, 0.25) is 0 Å². The van der Waals surface area contributed by atoms with Gasteiger partial charge in [-0.05, 0) is 11.6 Å². The molecule has 1 fully saturated rings. The van der Waals surface area contributed by atoms with Crippen LogP contribution in [0.15, 0.2) is 30.5 Å². The molecule has 0 N–H and O–H groups in total.